The van der Waals surface area contributed by atoms with Gasteiger partial charge in [-0.1, -0.05) is 0 Å². The van der Waals surface area contributed by atoms with Crippen molar-refractivity contribution in [2.24, 2.45) is 0 Å². The summed E-state index contributed by atoms with van der Waals surface area (Å²) in [6.07, 6.45) is 3.53. The molecule has 0 amide bonds. The predicted octanol–water partition coefficient (Wildman–Crippen LogP) is 0.665. The SMILES string of the molecule is C[C@H]1CN(c2n[nH]c(-c3cccnc3)n2)CCN1. The van der Waals surface area contributed by atoms with Gasteiger partial charge in [-0.3, -0.25) is 10.1 Å². The number of nitrogens with zero attached hydrogens (tertiary/aromatic N) is 4. The van der Waals surface area contributed by atoms with Crippen molar-refractivity contribution in [3.05, 3.63) is 24.5 Å². The second kappa shape index (κ2) is 4.73. The van der Waals surface area contributed by atoms with Crippen molar-refractivity contribution in [2.75, 3.05) is 24.5 Å². The van der Waals surface area contributed by atoms with Crippen LogP contribution in [-0.2, 0) is 0 Å². The third-order valence-electron chi connectivity index (χ3n) is 3.06. The van der Waals surface area contributed by atoms with Crippen molar-refractivity contribution >= 4 is 5.95 Å². The molecule has 1 saturated heterocycles. The molecule has 2 aromatic rings. The molecule has 3 rings (SSSR count). The number of anilines is 1. The maximum atomic E-state index is 4.53. The van der Waals surface area contributed by atoms with E-state index in [4.69, 9.17) is 0 Å². The fourth-order valence-electron chi connectivity index (χ4n) is 2.14. The molecule has 0 unspecified atom stereocenters. The average molecular weight is 244 g/mol. The second-order valence-corrected chi connectivity index (χ2v) is 4.53. The van der Waals surface area contributed by atoms with Crippen LogP contribution in [0.4, 0.5) is 5.95 Å². The van der Waals surface area contributed by atoms with Gasteiger partial charge >= 0.3 is 0 Å². The molecule has 18 heavy (non-hydrogen) atoms. The Morgan fingerprint density at radius 1 is 1.44 bits per heavy atom. The van der Waals surface area contributed by atoms with Crippen LogP contribution >= 0.6 is 0 Å². The van der Waals surface area contributed by atoms with Gasteiger partial charge in [-0.2, -0.15) is 4.98 Å². The molecule has 1 atom stereocenters. The minimum absolute atomic E-state index is 0.471. The lowest BCUT2D eigenvalue weighted by Crippen LogP contribution is -2.49. The van der Waals surface area contributed by atoms with Crippen molar-refractivity contribution in [3.8, 4) is 11.4 Å². The van der Waals surface area contributed by atoms with E-state index in [1.54, 1.807) is 12.4 Å². The van der Waals surface area contributed by atoms with Crippen molar-refractivity contribution in [2.45, 2.75) is 13.0 Å². The van der Waals surface area contributed by atoms with E-state index in [9.17, 15) is 0 Å². The maximum Gasteiger partial charge on any atom is 0.245 e. The van der Waals surface area contributed by atoms with E-state index in [2.05, 4.69) is 37.3 Å². The van der Waals surface area contributed by atoms with Crippen molar-refractivity contribution in [3.63, 3.8) is 0 Å². The smallest absolute Gasteiger partial charge is 0.245 e. The monoisotopic (exact) mass is 244 g/mol. The first kappa shape index (κ1) is 11.2. The highest BCUT2D eigenvalue weighted by Crippen LogP contribution is 2.17. The molecule has 3 heterocycles. The first-order chi connectivity index (χ1) is 8.83. The number of aromatic nitrogens is 4. The summed E-state index contributed by atoms with van der Waals surface area (Å²) in [7, 11) is 0. The Labute approximate surface area is 105 Å². The van der Waals surface area contributed by atoms with E-state index >= 15 is 0 Å². The standard InChI is InChI=1S/C12H16N6/c1-9-8-18(6-5-14-9)12-15-11(16-17-12)10-3-2-4-13-7-10/h2-4,7,9,14H,5-6,8H2,1H3,(H,15,16,17)/t9-/m0/s1. The third kappa shape index (κ3) is 2.19. The quantitative estimate of drug-likeness (QED) is 0.812. The fourth-order valence-corrected chi connectivity index (χ4v) is 2.14. The fraction of sp³-hybridized carbons (Fsp3) is 0.417. The van der Waals surface area contributed by atoms with Crippen molar-refractivity contribution in [1.29, 1.82) is 0 Å². The molecule has 1 aliphatic heterocycles. The van der Waals surface area contributed by atoms with Crippen LogP contribution in [0.15, 0.2) is 24.5 Å². The summed E-state index contributed by atoms with van der Waals surface area (Å²) in [5.74, 6) is 1.53. The highest BCUT2D eigenvalue weighted by Gasteiger charge is 2.19. The van der Waals surface area contributed by atoms with Crippen LogP contribution in [0.1, 0.15) is 6.92 Å². The molecule has 1 fully saturated rings. The van der Waals surface area contributed by atoms with Gasteiger partial charge in [0.15, 0.2) is 5.82 Å². The van der Waals surface area contributed by atoms with Crippen molar-refractivity contribution < 1.29 is 0 Å². The summed E-state index contributed by atoms with van der Waals surface area (Å²) < 4.78 is 0. The number of rotatable bonds is 2. The molecular formula is C12H16N6. The molecular weight excluding hydrogens is 228 g/mol. The highest BCUT2D eigenvalue weighted by atomic mass is 15.4. The van der Waals surface area contributed by atoms with Crippen molar-refractivity contribution in [1.82, 2.24) is 25.5 Å². The number of piperazine rings is 1. The molecule has 6 heteroatoms. The summed E-state index contributed by atoms with van der Waals surface area (Å²) in [6.45, 7) is 5.01. The maximum absolute atomic E-state index is 4.53. The lowest BCUT2D eigenvalue weighted by molar-refractivity contribution is 0.480. The van der Waals surface area contributed by atoms with Crippen LogP contribution in [-0.4, -0.2) is 45.8 Å². The zero-order valence-corrected chi connectivity index (χ0v) is 10.3. The van der Waals surface area contributed by atoms with E-state index in [0.717, 1.165) is 37.0 Å². The predicted molar refractivity (Wildman–Crippen MR) is 69.3 cm³/mol. The van der Waals surface area contributed by atoms with Gasteiger partial charge in [0.2, 0.25) is 5.95 Å². The van der Waals surface area contributed by atoms with Gasteiger partial charge < -0.3 is 10.2 Å². The Hall–Kier alpha value is -1.95. The topological polar surface area (TPSA) is 69.7 Å². The van der Waals surface area contributed by atoms with Gasteiger partial charge in [-0.15, -0.1) is 5.10 Å². The van der Waals surface area contributed by atoms with E-state index in [-0.39, 0.29) is 0 Å². The molecule has 2 aromatic heterocycles. The number of aromatic amines is 1. The zero-order valence-electron chi connectivity index (χ0n) is 10.3. The van der Waals surface area contributed by atoms with Crippen LogP contribution in [0.2, 0.25) is 0 Å². The largest absolute Gasteiger partial charge is 0.337 e. The lowest BCUT2D eigenvalue weighted by Gasteiger charge is -2.30. The van der Waals surface area contributed by atoms with Gasteiger partial charge in [-0.25, -0.2) is 0 Å². The van der Waals surface area contributed by atoms with Crippen LogP contribution in [0.3, 0.4) is 0 Å². The molecule has 0 aromatic carbocycles. The molecule has 0 aliphatic carbocycles. The van der Waals surface area contributed by atoms with Crippen LogP contribution < -0.4 is 10.2 Å². The zero-order chi connectivity index (χ0) is 12.4. The number of nitrogens with one attached hydrogen (secondary N) is 2. The van der Waals surface area contributed by atoms with Crippen LogP contribution in [0, 0.1) is 0 Å². The second-order valence-electron chi connectivity index (χ2n) is 4.53. The lowest BCUT2D eigenvalue weighted by atomic mass is 10.2. The van der Waals surface area contributed by atoms with Crippen LogP contribution in [0.25, 0.3) is 11.4 Å². The Balaban J connectivity index is 1.81. The minimum atomic E-state index is 0.471. The Morgan fingerprint density at radius 2 is 2.39 bits per heavy atom. The average Bonchev–Trinajstić information content (AvgIpc) is 2.89. The molecule has 0 saturated carbocycles. The Kier molecular flexibility index (Phi) is 2.93. The summed E-state index contributed by atoms with van der Waals surface area (Å²) in [5.41, 5.74) is 0.958. The number of pyridine rings is 1. The number of hydrogen-bond donors (Lipinski definition) is 2. The molecule has 0 radical (unpaired) electrons. The Morgan fingerprint density at radius 3 is 3.17 bits per heavy atom. The summed E-state index contributed by atoms with van der Waals surface area (Å²) in [5, 5.41) is 10.7. The van der Waals surface area contributed by atoms with E-state index in [0.29, 0.717) is 6.04 Å². The molecule has 94 valence electrons. The van der Waals surface area contributed by atoms with Gasteiger partial charge in [0.05, 0.1) is 0 Å². The van der Waals surface area contributed by atoms with Gasteiger partial charge in [0.25, 0.3) is 0 Å². The summed E-state index contributed by atoms with van der Waals surface area (Å²) >= 11 is 0. The molecule has 6 nitrogen and oxygen atoms in total. The number of H-pyrrole nitrogens is 1. The van der Waals surface area contributed by atoms with Gasteiger partial charge in [-0.05, 0) is 19.1 Å². The van der Waals surface area contributed by atoms with E-state index in [1.165, 1.54) is 0 Å². The minimum Gasteiger partial charge on any atom is -0.337 e. The number of hydrogen-bond acceptors (Lipinski definition) is 5. The normalized spacial score (nSPS) is 20.1. The van der Waals surface area contributed by atoms with Gasteiger partial charge in [0.1, 0.15) is 0 Å². The summed E-state index contributed by atoms with van der Waals surface area (Å²) in [4.78, 5) is 10.8. The molecule has 0 spiro atoms. The first-order valence-corrected chi connectivity index (χ1v) is 6.14. The molecule has 2 N–H and O–H groups in total. The molecule has 0 bridgehead atoms. The highest BCUT2D eigenvalue weighted by molar-refractivity contribution is 5.54. The van der Waals surface area contributed by atoms with E-state index in [1.807, 2.05) is 12.1 Å². The Bertz CT molecular complexity index is 508. The first-order valence-electron chi connectivity index (χ1n) is 6.14. The van der Waals surface area contributed by atoms with Crippen LogP contribution in [0.5, 0.6) is 0 Å². The summed E-state index contributed by atoms with van der Waals surface area (Å²) in [6, 6.07) is 4.33. The molecule has 1 aliphatic rings. The van der Waals surface area contributed by atoms with Gasteiger partial charge in [0, 0.05) is 43.6 Å². The van der Waals surface area contributed by atoms with E-state index < -0.39 is 0 Å². The third-order valence-corrected chi connectivity index (χ3v) is 3.06.